The van der Waals surface area contributed by atoms with Gasteiger partial charge in [0.25, 0.3) is 0 Å². The van der Waals surface area contributed by atoms with E-state index in [-0.39, 0.29) is 6.10 Å². The maximum atomic E-state index is 10.4. The van der Waals surface area contributed by atoms with Crippen LogP contribution in [0.25, 0.3) is 0 Å². The number of carboxylic acid groups (broad SMARTS) is 1. The zero-order valence-electron chi connectivity index (χ0n) is 17.5. The second kappa shape index (κ2) is 20.7. The van der Waals surface area contributed by atoms with Crippen LogP contribution in [0, 0.1) is 0 Å². The third-order valence-electron chi connectivity index (χ3n) is 5.32. The van der Waals surface area contributed by atoms with Gasteiger partial charge in [-0.3, -0.25) is 4.79 Å². The van der Waals surface area contributed by atoms with Crippen LogP contribution in [0.3, 0.4) is 0 Å². The van der Waals surface area contributed by atoms with E-state index in [9.17, 15) is 9.90 Å². The molecule has 0 bridgehead atoms. The van der Waals surface area contributed by atoms with Crippen LogP contribution >= 0.6 is 0 Å². The molecule has 26 heavy (non-hydrogen) atoms. The highest BCUT2D eigenvalue weighted by Crippen LogP contribution is 2.15. The number of aliphatic hydroxyl groups excluding tert-OH is 1. The molecular formula is C23H46O3. The number of unbranched alkanes of at least 4 members (excludes halogenated alkanes) is 15. The molecule has 0 aliphatic rings. The first kappa shape index (κ1) is 25.4. The van der Waals surface area contributed by atoms with E-state index in [1.54, 1.807) is 0 Å². The summed E-state index contributed by atoms with van der Waals surface area (Å²) in [5.74, 6) is -0.661. The largest absolute Gasteiger partial charge is 0.481 e. The lowest BCUT2D eigenvalue weighted by Gasteiger charge is -2.09. The summed E-state index contributed by atoms with van der Waals surface area (Å²) < 4.78 is 0. The molecule has 1 atom stereocenters. The number of aliphatic carboxylic acids is 1. The molecule has 0 radical (unpaired) electrons. The molecule has 3 heteroatoms. The van der Waals surface area contributed by atoms with Gasteiger partial charge in [0.2, 0.25) is 0 Å². The van der Waals surface area contributed by atoms with E-state index in [1.165, 1.54) is 89.9 Å². The smallest absolute Gasteiger partial charge is 0.303 e. The standard InChI is InChI=1S/C23H46O3/c1-2-3-19-22(24)20-17-15-13-11-9-7-5-4-6-8-10-12-14-16-18-21-23(25)26/h22,24H,2-21H2,1H3,(H,25,26). The lowest BCUT2D eigenvalue weighted by atomic mass is 10.0. The van der Waals surface area contributed by atoms with Gasteiger partial charge in [0, 0.05) is 6.42 Å². The van der Waals surface area contributed by atoms with E-state index in [2.05, 4.69) is 6.92 Å². The van der Waals surface area contributed by atoms with Gasteiger partial charge in [0.05, 0.1) is 6.10 Å². The minimum absolute atomic E-state index is 0.0558. The molecule has 1 unspecified atom stereocenters. The monoisotopic (exact) mass is 370 g/mol. The summed E-state index contributed by atoms with van der Waals surface area (Å²) in [6, 6.07) is 0. The molecule has 0 aliphatic carbocycles. The van der Waals surface area contributed by atoms with Gasteiger partial charge in [0.1, 0.15) is 0 Å². The Morgan fingerprint density at radius 3 is 1.35 bits per heavy atom. The number of rotatable bonds is 21. The lowest BCUT2D eigenvalue weighted by molar-refractivity contribution is -0.137. The Bertz CT molecular complexity index is 291. The summed E-state index contributed by atoms with van der Waals surface area (Å²) in [7, 11) is 0. The fraction of sp³-hybridized carbons (Fsp3) is 0.957. The minimum Gasteiger partial charge on any atom is -0.481 e. The van der Waals surface area contributed by atoms with Crippen molar-refractivity contribution in [2.24, 2.45) is 0 Å². The number of aliphatic hydroxyl groups is 1. The van der Waals surface area contributed by atoms with E-state index in [0.717, 1.165) is 32.1 Å². The van der Waals surface area contributed by atoms with Crippen molar-refractivity contribution in [3.8, 4) is 0 Å². The van der Waals surface area contributed by atoms with Crippen LogP contribution in [0.1, 0.15) is 135 Å². The molecule has 0 amide bonds. The predicted molar refractivity (Wildman–Crippen MR) is 112 cm³/mol. The maximum Gasteiger partial charge on any atom is 0.303 e. The van der Waals surface area contributed by atoms with Gasteiger partial charge in [-0.1, -0.05) is 110 Å². The van der Waals surface area contributed by atoms with Gasteiger partial charge < -0.3 is 10.2 Å². The molecule has 0 rings (SSSR count). The first-order valence-electron chi connectivity index (χ1n) is 11.6. The Morgan fingerprint density at radius 1 is 0.615 bits per heavy atom. The summed E-state index contributed by atoms with van der Waals surface area (Å²) in [5.41, 5.74) is 0. The van der Waals surface area contributed by atoms with Gasteiger partial charge in [0.15, 0.2) is 0 Å². The van der Waals surface area contributed by atoms with Crippen molar-refractivity contribution in [1.82, 2.24) is 0 Å². The van der Waals surface area contributed by atoms with Crippen LogP contribution in [0.5, 0.6) is 0 Å². The number of carboxylic acids is 1. The van der Waals surface area contributed by atoms with Gasteiger partial charge in [-0.05, 0) is 19.3 Å². The molecule has 0 aromatic carbocycles. The molecule has 0 aromatic rings. The van der Waals surface area contributed by atoms with Crippen LogP contribution < -0.4 is 0 Å². The van der Waals surface area contributed by atoms with Gasteiger partial charge >= 0.3 is 5.97 Å². The van der Waals surface area contributed by atoms with Crippen molar-refractivity contribution in [2.45, 2.75) is 141 Å². The van der Waals surface area contributed by atoms with E-state index < -0.39 is 5.97 Å². The molecule has 3 nitrogen and oxygen atoms in total. The Hall–Kier alpha value is -0.570. The fourth-order valence-electron chi connectivity index (χ4n) is 3.54. The summed E-state index contributed by atoms with van der Waals surface area (Å²) in [4.78, 5) is 10.4. The normalized spacial score (nSPS) is 12.4. The quantitative estimate of drug-likeness (QED) is 0.209. The van der Waals surface area contributed by atoms with Crippen molar-refractivity contribution in [1.29, 1.82) is 0 Å². The molecule has 0 fully saturated rings. The van der Waals surface area contributed by atoms with E-state index in [0.29, 0.717) is 6.42 Å². The van der Waals surface area contributed by atoms with Crippen molar-refractivity contribution >= 4 is 5.97 Å². The molecule has 0 spiro atoms. The predicted octanol–water partition coefficient (Wildman–Crippen LogP) is 7.25. The van der Waals surface area contributed by atoms with Crippen LogP contribution in [0.15, 0.2) is 0 Å². The zero-order valence-corrected chi connectivity index (χ0v) is 17.5. The summed E-state index contributed by atoms with van der Waals surface area (Å²) in [6.45, 7) is 2.18. The van der Waals surface area contributed by atoms with E-state index >= 15 is 0 Å². The van der Waals surface area contributed by atoms with E-state index in [4.69, 9.17) is 5.11 Å². The second-order valence-electron chi connectivity index (χ2n) is 8.03. The van der Waals surface area contributed by atoms with Crippen LogP contribution in [-0.2, 0) is 4.79 Å². The molecule has 0 aliphatic heterocycles. The average Bonchev–Trinajstić information content (AvgIpc) is 2.62. The molecule has 2 N–H and O–H groups in total. The highest BCUT2D eigenvalue weighted by Gasteiger charge is 2.02. The van der Waals surface area contributed by atoms with Crippen molar-refractivity contribution < 1.29 is 15.0 Å². The minimum atomic E-state index is -0.661. The Morgan fingerprint density at radius 2 is 0.962 bits per heavy atom. The van der Waals surface area contributed by atoms with Crippen molar-refractivity contribution in [3.63, 3.8) is 0 Å². The van der Waals surface area contributed by atoms with E-state index in [1.807, 2.05) is 0 Å². The molecule has 0 saturated heterocycles. The first-order valence-corrected chi connectivity index (χ1v) is 11.6. The van der Waals surface area contributed by atoms with Gasteiger partial charge in [-0.2, -0.15) is 0 Å². The number of carbonyl (C=O) groups is 1. The Kier molecular flexibility index (Phi) is 20.3. The molecule has 0 saturated carbocycles. The summed E-state index contributed by atoms with van der Waals surface area (Å²) in [5, 5.41) is 18.4. The fourth-order valence-corrected chi connectivity index (χ4v) is 3.54. The van der Waals surface area contributed by atoms with Gasteiger partial charge in [-0.15, -0.1) is 0 Å². The first-order chi connectivity index (χ1) is 12.7. The highest BCUT2D eigenvalue weighted by molar-refractivity contribution is 5.66. The van der Waals surface area contributed by atoms with Crippen molar-refractivity contribution in [3.05, 3.63) is 0 Å². The second-order valence-corrected chi connectivity index (χ2v) is 8.03. The molecule has 156 valence electrons. The van der Waals surface area contributed by atoms with Crippen LogP contribution in [0.4, 0.5) is 0 Å². The Balaban J connectivity index is 3.06. The third-order valence-corrected chi connectivity index (χ3v) is 5.32. The average molecular weight is 371 g/mol. The summed E-state index contributed by atoms with van der Waals surface area (Å²) >= 11 is 0. The SMILES string of the molecule is CCCCC(O)CCCCCCCCCCCCCCCCCC(=O)O. The summed E-state index contributed by atoms with van der Waals surface area (Å²) in [6.07, 6.45) is 23.7. The molecular weight excluding hydrogens is 324 g/mol. The lowest BCUT2D eigenvalue weighted by Crippen LogP contribution is -2.05. The van der Waals surface area contributed by atoms with Crippen LogP contribution in [-0.4, -0.2) is 22.3 Å². The van der Waals surface area contributed by atoms with Gasteiger partial charge in [-0.25, -0.2) is 0 Å². The maximum absolute atomic E-state index is 10.4. The molecule has 0 aromatic heterocycles. The zero-order chi connectivity index (χ0) is 19.3. The highest BCUT2D eigenvalue weighted by atomic mass is 16.4. The molecule has 0 heterocycles. The van der Waals surface area contributed by atoms with Crippen molar-refractivity contribution in [2.75, 3.05) is 0 Å². The topological polar surface area (TPSA) is 57.5 Å². The number of hydrogen-bond donors (Lipinski definition) is 2. The Labute approximate surface area is 163 Å². The van der Waals surface area contributed by atoms with Crippen LogP contribution in [0.2, 0.25) is 0 Å². The number of hydrogen-bond acceptors (Lipinski definition) is 2. The third kappa shape index (κ3) is 21.5.